The number of aliphatic carboxylic acids is 1. The maximum atomic E-state index is 11.7. The predicted octanol–water partition coefficient (Wildman–Crippen LogP) is 2.03. The van der Waals surface area contributed by atoms with Crippen LogP contribution in [0, 0.1) is 11.3 Å². The van der Waals surface area contributed by atoms with E-state index in [-0.39, 0.29) is 18.7 Å². The highest BCUT2D eigenvalue weighted by atomic mass is 16.4. The molecule has 5 heteroatoms. The monoisotopic (exact) mass is 286 g/mol. The van der Waals surface area contributed by atoms with E-state index >= 15 is 0 Å². The van der Waals surface area contributed by atoms with Gasteiger partial charge in [-0.05, 0) is 24.5 Å². The molecule has 5 nitrogen and oxygen atoms in total. The molecule has 0 unspecified atom stereocenters. The molecule has 0 aliphatic rings. The van der Waals surface area contributed by atoms with Crippen LogP contribution in [0.3, 0.4) is 0 Å². The molecule has 0 heterocycles. The van der Waals surface area contributed by atoms with Crippen LogP contribution in [0.4, 0.5) is 0 Å². The normalized spacial score (nSPS) is 11.2. The number of allylic oxidation sites excluding steroid dienone is 1. The van der Waals surface area contributed by atoms with Crippen LogP contribution in [-0.4, -0.2) is 23.0 Å². The van der Waals surface area contributed by atoms with Crippen molar-refractivity contribution in [2.45, 2.75) is 31.7 Å². The Morgan fingerprint density at radius 3 is 2.76 bits per heavy atom. The van der Waals surface area contributed by atoms with Crippen LogP contribution >= 0.6 is 0 Å². The third-order valence-electron chi connectivity index (χ3n) is 2.97. The largest absolute Gasteiger partial charge is 0.481 e. The molecule has 0 aromatic heterocycles. The average Bonchev–Trinajstić information content (AvgIpc) is 2.45. The van der Waals surface area contributed by atoms with E-state index in [1.807, 2.05) is 0 Å². The summed E-state index contributed by atoms with van der Waals surface area (Å²) < 4.78 is 0. The first-order chi connectivity index (χ1) is 10.1. The van der Waals surface area contributed by atoms with Gasteiger partial charge in [-0.15, -0.1) is 6.58 Å². The first-order valence-electron chi connectivity index (χ1n) is 6.67. The first kappa shape index (κ1) is 16.4. The Morgan fingerprint density at radius 1 is 1.43 bits per heavy atom. The molecule has 1 rings (SSSR count). The molecule has 2 N–H and O–H groups in total. The molecule has 0 bridgehead atoms. The van der Waals surface area contributed by atoms with Crippen molar-refractivity contribution in [2.24, 2.45) is 0 Å². The van der Waals surface area contributed by atoms with E-state index in [4.69, 9.17) is 10.4 Å². The Kier molecular flexibility index (Phi) is 6.69. The van der Waals surface area contributed by atoms with Gasteiger partial charge in [0.05, 0.1) is 18.1 Å². The molecule has 110 valence electrons. The van der Waals surface area contributed by atoms with Gasteiger partial charge in [0.1, 0.15) is 0 Å². The molecule has 0 fully saturated rings. The number of amides is 1. The smallest absolute Gasteiger partial charge is 0.305 e. The standard InChI is InChI=1S/C16H18N2O3/c1-2-3-8-15(19)18-14(10-16(20)21)9-12-6-4-5-7-13(12)11-17/h2,4-7,14H,1,3,8-10H2,(H,18,19)(H,20,21)/t14-/m1/s1. The van der Waals surface area contributed by atoms with E-state index in [1.54, 1.807) is 30.3 Å². The van der Waals surface area contributed by atoms with Gasteiger partial charge in [-0.25, -0.2) is 0 Å². The van der Waals surface area contributed by atoms with Gasteiger partial charge in [0, 0.05) is 12.5 Å². The SMILES string of the molecule is C=CCCC(=O)N[C@@H](CC(=O)O)Cc1ccccc1C#N. The third-order valence-corrected chi connectivity index (χ3v) is 2.97. The van der Waals surface area contributed by atoms with Gasteiger partial charge in [0.15, 0.2) is 0 Å². The fourth-order valence-corrected chi connectivity index (χ4v) is 1.99. The van der Waals surface area contributed by atoms with Crippen LogP contribution in [-0.2, 0) is 16.0 Å². The zero-order valence-corrected chi connectivity index (χ0v) is 11.7. The van der Waals surface area contributed by atoms with Crippen LogP contribution in [0.5, 0.6) is 0 Å². The van der Waals surface area contributed by atoms with Crippen molar-refractivity contribution in [1.82, 2.24) is 5.32 Å². The molecule has 0 aliphatic heterocycles. The highest BCUT2D eigenvalue weighted by molar-refractivity contribution is 5.77. The molecule has 0 saturated carbocycles. The topological polar surface area (TPSA) is 90.2 Å². The minimum Gasteiger partial charge on any atom is -0.481 e. The number of hydrogen-bond acceptors (Lipinski definition) is 3. The summed E-state index contributed by atoms with van der Waals surface area (Å²) in [7, 11) is 0. The molecule has 0 aliphatic carbocycles. The maximum absolute atomic E-state index is 11.7. The predicted molar refractivity (Wildman–Crippen MR) is 78.5 cm³/mol. The Hall–Kier alpha value is -2.61. The fraction of sp³-hybridized carbons (Fsp3) is 0.312. The maximum Gasteiger partial charge on any atom is 0.305 e. The molecule has 1 amide bonds. The highest BCUT2D eigenvalue weighted by Gasteiger charge is 2.17. The van der Waals surface area contributed by atoms with Gasteiger partial charge >= 0.3 is 5.97 Å². The van der Waals surface area contributed by atoms with Crippen molar-refractivity contribution >= 4 is 11.9 Å². The molecular formula is C16H18N2O3. The van der Waals surface area contributed by atoms with Crippen molar-refractivity contribution in [2.75, 3.05) is 0 Å². The Morgan fingerprint density at radius 2 is 2.14 bits per heavy atom. The lowest BCUT2D eigenvalue weighted by molar-refractivity contribution is -0.137. The number of nitrogens with one attached hydrogen (secondary N) is 1. The molecule has 1 aromatic carbocycles. The lowest BCUT2D eigenvalue weighted by atomic mass is 9.99. The van der Waals surface area contributed by atoms with Crippen LogP contribution in [0.1, 0.15) is 30.4 Å². The molecule has 1 aromatic rings. The molecule has 1 atom stereocenters. The van der Waals surface area contributed by atoms with E-state index in [9.17, 15) is 9.59 Å². The third kappa shape index (κ3) is 5.91. The second-order valence-electron chi connectivity index (χ2n) is 4.66. The summed E-state index contributed by atoms with van der Waals surface area (Å²) in [5, 5.41) is 20.7. The number of carboxylic acid groups (broad SMARTS) is 1. The summed E-state index contributed by atoms with van der Waals surface area (Å²) in [6.07, 6.45) is 2.59. The summed E-state index contributed by atoms with van der Waals surface area (Å²) >= 11 is 0. The molecular weight excluding hydrogens is 268 g/mol. The number of hydrogen-bond donors (Lipinski definition) is 2. The number of carbonyl (C=O) groups is 2. The van der Waals surface area contributed by atoms with Crippen LogP contribution in [0.2, 0.25) is 0 Å². The van der Waals surface area contributed by atoms with Crippen molar-refractivity contribution in [3.05, 3.63) is 48.0 Å². The van der Waals surface area contributed by atoms with Crippen LogP contribution < -0.4 is 5.32 Å². The van der Waals surface area contributed by atoms with Crippen molar-refractivity contribution < 1.29 is 14.7 Å². The lowest BCUT2D eigenvalue weighted by Crippen LogP contribution is -2.38. The first-order valence-corrected chi connectivity index (χ1v) is 6.67. The Labute approximate surface area is 123 Å². The van der Waals surface area contributed by atoms with Gasteiger partial charge < -0.3 is 10.4 Å². The van der Waals surface area contributed by atoms with Crippen molar-refractivity contribution in [3.63, 3.8) is 0 Å². The summed E-state index contributed by atoms with van der Waals surface area (Å²) in [6, 6.07) is 8.51. The lowest BCUT2D eigenvalue weighted by Gasteiger charge is -2.17. The quantitative estimate of drug-likeness (QED) is 0.715. The zero-order valence-electron chi connectivity index (χ0n) is 11.7. The summed E-state index contributed by atoms with van der Waals surface area (Å²) in [4.78, 5) is 22.6. The van der Waals surface area contributed by atoms with Crippen LogP contribution in [0.25, 0.3) is 0 Å². The molecule has 0 saturated heterocycles. The van der Waals surface area contributed by atoms with Gasteiger partial charge in [-0.3, -0.25) is 9.59 Å². The van der Waals surface area contributed by atoms with E-state index in [0.29, 0.717) is 18.4 Å². The van der Waals surface area contributed by atoms with E-state index in [1.165, 1.54) is 0 Å². The summed E-state index contributed by atoms with van der Waals surface area (Å²) in [6.45, 7) is 3.54. The number of carbonyl (C=O) groups excluding carboxylic acids is 1. The summed E-state index contributed by atoms with van der Waals surface area (Å²) in [5.41, 5.74) is 1.23. The van der Waals surface area contributed by atoms with Crippen molar-refractivity contribution in [3.8, 4) is 6.07 Å². The fourth-order valence-electron chi connectivity index (χ4n) is 1.99. The Bertz CT molecular complexity index is 561. The van der Waals surface area contributed by atoms with E-state index in [2.05, 4.69) is 18.0 Å². The van der Waals surface area contributed by atoms with Crippen molar-refractivity contribution in [1.29, 1.82) is 5.26 Å². The number of rotatable bonds is 8. The highest BCUT2D eigenvalue weighted by Crippen LogP contribution is 2.12. The van der Waals surface area contributed by atoms with E-state index in [0.717, 1.165) is 5.56 Å². The van der Waals surface area contributed by atoms with Gasteiger partial charge in [0.2, 0.25) is 5.91 Å². The number of benzene rings is 1. The number of carboxylic acids is 1. The number of nitrogens with zero attached hydrogens (tertiary/aromatic N) is 1. The minimum absolute atomic E-state index is 0.181. The van der Waals surface area contributed by atoms with Gasteiger partial charge in [-0.2, -0.15) is 5.26 Å². The zero-order chi connectivity index (χ0) is 15.7. The molecule has 0 spiro atoms. The van der Waals surface area contributed by atoms with Crippen LogP contribution in [0.15, 0.2) is 36.9 Å². The molecule has 0 radical (unpaired) electrons. The van der Waals surface area contributed by atoms with Gasteiger partial charge in [0.25, 0.3) is 0 Å². The number of nitriles is 1. The second-order valence-corrected chi connectivity index (χ2v) is 4.66. The van der Waals surface area contributed by atoms with Gasteiger partial charge in [-0.1, -0.05) is 24.3 Å². The summed E-state index contributed by atoms with van der Waals surface area (Å²) in [5.74, 6) is -1.20. The Balaban J connectivity index is 2.78. The second kappa shape index (κ2) is 8.54. The minimum atomic E-state index is -0.988. The van der Waals surface area contributed by atoms with E-state index < -0.39 is 12.0 Å². The average molecular weight is 286 g/mol. The molecule has 21 heavy (non-hydrogen) atoms.